The van der Waals surface area contributed by atoms with Gasteiger partial charge in [-0.15, -0.1) is 0 Å². The van der Waals surface area contributed by atoms with Crippen LogP contribution in [0.5, 0.6) is 5.75 Å². The molecule has 4 aromatic rings. The normalized spacial score (nSPS) is 13.8. The van der Waals surface area contributed by atoms with Gasteiger partial charge in [0.2, 0.25) is 11.9 Å². The maximum Gasteiger partial charge on any atom is 0.233 e. The Balaban J connectivity index is 1.44. The number of piperazine rings is 1. The van der Waals surface area contributed by atoms with E-state index in [4.69, 9.17) is 4.74 Å². The number of pyridine rings is 1. The Hall–Kier alpha value is -4.44. The second kappa shape index (κ2) is 11.3. The van der Waals surface area contributed by atoms with Gasteiger partial charge in [0.25, 0.3) is 0 Å². The van der Waals surface area contributed by atoms with Gasteiger partial charge in [-0.3, -0.25) is 4.79 Å². The minimum absolute atomic E-state index is 0.0233. The standard InChI is InChI=1S/C28H28FN7O2/c1-35-12-14-36(15-13-35)28-33-26(21-8-9-24(38-2)22(29)17-21)32-27(34-28)31-25-18-20(10-11-30-25)23(37)16-19-6-4-3-5-7-19/h3-11,17-18H,12-16H2,1-2H3,(H,30,31,32,33,34). The summed E-state index contributed by atoms with van der Waals surface area (Å²) >= 11 is 0. The summed E-state index contributed by atoms with van der Waals surface area (Å²) in [6.07, 6.45) is 1.86. The number of ether oxygens (including phenoxy) is 1. The van der Waals surface area contributed by atoms with Gasteiger partial charge in [-0.1, -0.05) is 30.3 Å². The predicted octanol–water partition coefficient (Wildman–Crippen LogP) is 4.00. The number of benzene rings is 2. The SMILES string of the molecule is COc1ccc(-c2nc(Nc3cc(C(=O)Cc4ccccc4)ccn3)nc(N3CCN(C)CC3)n2)cc1F. The average molecular weight is 514 g/mol. The van der Waals surface area contributed by atoms with Gasteiger partial charge >= 0.3 is 0 Å². The summed E-state index contributed by atoms with van der Waals surface area (Å²) in [7, 11) is 3.49. The van der Waals surface area contributed by atoms with Crippen LogP contribution in [0, 0.1) is 5.82 Å². The van der Waals surface area contributed by atoms with Gasteiger partial charge in [0.05, 0.1) is 7.11 Å². The lowest BCUT2D eigenvalue weighted by Crippen LogP contribution is -2.45. The summed E-state index contributed by atoms with van der Waals surface area (Å²) in [5.74, 6) is 1.08. The molecule has 1 aliphatic heterocycles. The first kappa shape index (κ1) is 25.2. The van der Waals surface area contributed by atoms with E-state index in [1.165, 1.54) is 13.2 Å². The molecule has 0 aliphatic carbocycles. The van der Waals surface area contributed by atoms with Crippen molar-refractivity contribution in [3.05, 3.63) is 83.8 Å². The highest BCUT2D eigenvalue weighted by molar-refractivity contribution is 5.98. The van der Waals surface area contributed by atoms with E-state index >= 15 is 0 Å². The van der Waals surface area contributed by atoms with Gasteiger partial charge in [0.15, 0.2) is 23.2 Å². The van der Waals surface area contributed by atoms with E-state index in [2.05, 4.69) is 42.1 Å². The molecule has 9 nitrogen and oxygen atoms in total. The number of hydrogen-bond donors (Lipinski definition) is 1. The molecule has 0 unspecified atom stereocenters. The molecule has 0 saturated carbocycles. The zero-order valence-electron chi connectivity index (χ0n) is 21.3. The van der Waals surface area contributed by atoms with Crippen LogP contribution >= 0.6 is 0 Å². The Morgan fingerprint density at radius 1 is 1.00 bits per heavy atom. The number of carbonyl (C=O) groups excluding carboxylic acids is 1. The Labute approximate surface area is 220 Å². The van der Waals surface area contributed by atoms with Crippen LogP contribution in [0.1, 0.15) is 15.9 Å². The van der Waals surface area contributed by atoms with Gasteiger partial charge < -0.3 is 19.9 Å². The van der Waals surface area contributed by atoms with Crippen LogP contribution < -0.4 is 15.0 Å². The van der Waals surface area contributed by atoms with Crippen LogP contribution in [0.3, 0.4) is 0 Å². The molecule has 10 heteroatoms. The monoisotopic (exact) mass is 513 g/mol. The highest BCUT2D eigenvalue weighted by Crippen LogP contribution is 2.26. The number of hydrogen-bond acceptors (Lipinski definition) is 9. The fraction of sp³-hybridized carbons (Fsp3) is 0.250. The number of carbonyl (C=O) groups is 1. The number of likely N-dealkylation sites (N-methyl/N-ethyl adjacent to an activating group) is 1. The molecule has 5 rings (SSSR count). The number of rotatable bonds is 8. The molecule has 38 heavy (non-hydrogen) atoms. The van der Waals surface area contributed by atoms with Gasteiger partial charge in [-0.25, -0.2) is 9.37 Å². The van der Waals surface area contributed by atoms with E-state index in [0.29, 0.717) is 28.7 Å². The molecule has 0 atom stereocenters. The van der Waals surface area contributed by atoms with E-state index in [1.807, 2.05) is 30.3 Å². The zero-order chi connectivity index (χ0) is 26.5. The quantitative estimate of drug-likeness (QED) is 0.351. The molecule has 194 valence electrons. The van der Waals surface area contributed by atoms with Crippen LogP contribution in [0.15, 0.2) is 66.9 Å². The number of methoxy groups -OCH3 is 1. The van der Waals surface area contributed by atoms with Gasteiger partial charge in [0.1, 0.15) is 5.82 Å². The molecular weight excluding hydrogens is 485 g/mol. The van der Waals surface area contributed by atoms with Crippen LogP contribution in [-0.4, -0.2) is 71.0 Å². The van der Waals surface area contributed by atoms with E-state index in [-0.39, 0.29) is 23.9 Å². The number of nitrogens with zero attached hydrogens (tertiary/aromatic N) is 6. The zero-order valence-corrected chi connectivity index (χ0v) is 21.3. The molecule has 0 spiro atoms. The largest absolute Gasteiger partial charge is 0.494 e. The first-order valence-electron chi connectivity index (χ1n) is 12.3. The summed E-state index contributed by atoms with van der Waals surface area (Å²) in [5.41, 5.74) is 1.95. The molecular formula is C28H28FN7O2. The Kier molecular flexibility index (Phi) is 7.50. The smallest absolute Gasteiger partial charge is 0.233 e. The van der Waals surface area contributed by atoms with Crippen LogP contribution in [-0.2, 0) is 6.42 Å². The minimum atomic E-state index is -0.507. The molecule has 1 fully saturated rings. The molecule has 3 heterocycles. The minimum Gasteiger partial charge on any atom is -0.494 e. The number of aromatic nitrogens is 4. The van der Waals surface area contributed by atoms with E-state index in [0.717, 1.165) is 31.7 Å². The molecule has 2 aromatic carbocycles. The summed E-state index contributed by atoms with van der Waals surface area (Å²) < 4.78 is 19.5. The number of ketones is 1. The fourth-order valence-electron chi connectivity index (χ4n) is 4.17. The summed E-state index contributed by atoms with van der Waals surface area (Å²) in [4.78, 5) is 35.4. The summed E-state index contributed by atoms with van der Waals surface area (Å²) in [6.45, 7) is 3.23. The molecule has 0 radical (unpaired) electrons. The van der Waals surface area contributed by atoms with Crippen molar-refractivity contribution in [1.82, 2.24) is 24.8 Å². The molecule has 0 bridgehead atoms. The maximum absolute atomic E-state index is 14.5. The molecule has 0 amide bonds. The number of nitrogens with one attached hydrogen (secondary N) is 1. The second-order valence-electron chi connectivity index (χ2n) is 9.06. The van der Waals surface area contributed by atoms with Crippen molar-refractivity contribution in [3.8, 4) is 17.1 Å². The Bertz CT molecular complexity index is 1430. The second-order valence-corrected chi connectivity index (χ2v) is 9.06. The van der Waals surface area contributed by atoms with Crippen LogP contribution in [0.2, 0.25) is 0 Å². The van der Waals surface area contributed by atoms with Crippen LogP contribution in [0.25, 0.3) is 11.4 Å². The number of anilines is 3. The highest BCUT2D eigenvalue weighted by atomic mass is 19.1. The molecule has 1 N–H and O–H groups in total. The van der Waals surface area contributed by atoms with Crippen molar-refractivity contribution in [2.24, 2.45) is 0 Å². The van der Waals surface area contributed by atoms with Crippen molar-refractivity contribution < 1.29 is 13.9 Å². The van der Waals surface area contributed by atoms with Gasteiger partial charge in [-0.05, 0) is 42.9 Å². The maximum atomic E-state index is 14.5. The van der Waals surface area contributed by atoms with Gasteiger partial charge in [0, 0.05) is 49.9 Å². The van der Waals surface area contributed by atoms with Crippen molar-refractivity contribution in [1.29, 1.82) is 0 Å². The van der Waals surface area contributed by atoms with E-state index in [1.54, 1.807) is 30.5 Å². The first-order chi connectivity index (χ1) is 18.5. The first-order valence-corrected chi connectivity index (χ1v) is 12.3. The summed E-state index contributed by atoms with van der Waals surface area (Å²) in [6, 6.07) is 17.5. The topological polar surface area (TPSA) is 96.4 Å². The number of Topliss-reactive ketones (excluding diaryl/α,β-unsaturated/α-hetero) is 1. The van der Waals surface area contributed by atoms with E-state index < -0.39 is 5.82 Å². The lowest BCUT2D eigenvalue weighted by atomic mass is 10.0. The fourth-order valence-corrected chi connectivity index (χ4v) is 4.17. The Morgan fingerprint density at radius 2 is 1.79 bits per heavy atom. The van der Waals surface area contributed by atoms with Crippen molar-refractivity contribution in [3.63, 3.8) is 0 Å². The third kappa shape index (κ3) is 5.92. The highest BCUT2D eigenvalue weighted by Gasteiger charge is 2.20. The molecule has 2 aromatic heterocycles. The van der Waals surface area contributed by atoms with Crippen molar-refractivity contribution in [2.75, 3.05) is 50.6 Å². The van der Waals surface area contributed by atoms with Crippen molar-refractivity contribution >= 4 is 23.5 Å². The predicted molar refractivity (Wildman–Crippen MR) is 143 cm³/mol. The summed E-state index contributed by atoms with van der Waals surface area (Å²) in [5, 5.41) is 3.12. The third-order valence-corrected chi connectivity index (χ3v) is 6.35. The average Bonchev–Trinajstić information content (AvgIpc) is 2.94. The number of halogens is 1. The van der Waals surface area contributed by atoms with Crippen molar-refractivity contribution in [2.45, 2.75) is 6.42 Å². The lowest BCUT2D eigenvalue weighted by Gasteiger charge is -2.32. The molecule has 1 saturated heterocycles. The third-order valence-electron chi connectivity index (χ3n) is 6.35. The molecule has 1 aliphatic rings. The van der Waals surface area contributed by atoms with Crippen LogP contribution in [0.4, 0.5) is 22.1 Å². The Morgan fingerprint density at radius 3 is 2.53 bits per heavy atom. The lowest BCUT2D eigenvalue weighted by molar-refractivity contribution is 0.0993. The van der Waals surface area contributed by atoms with E-state index in [9.17, 15) is 9.18 Å². The van der Waals surface area contributed by atoms with Gasteiger partial charge in [-0.2, -0.15) is 15.0 Å².